The van der Waals surface area contributed by atoms with Crippen LogP contribution in [0, 0.1) is 0 Å². The number of nitrogens with one attached hydrogen (secondary N) is 2. The normalized spacial score (nSPS) is 14.2. The van der Waals surface area contributed by atoms with Gasteiger partial charge in [-0.15, -0.1) is 0 Å². The molecule has 6 heteroatoms. The van der Waals surface area contributed by atoms with Crippen molar-refractivity contribution in [1.29, 1.82) is 0 Å². The largest absolute Gasteiger partial charge is 0.496 e. The van der Waals surface area contributed by atoms with E-state index in [-0.39, 0.29) is 24.2 Å². The van der Waals surface area contributed by atoms with E-state index in [2.05, 4.69) is 23.3 Å². The highest BCUT2D eigenvalue weighted by atomic mass is 16.5. The van der Waals surface area contributed by atoms with Crippen LogP contribution in [0.5, 0.6) is 5.75 Å². The summed E-state index contributed by atoms with van der Waals surface area (Å²) < 4.78 is 5.51. The van der Waals surface area contributed by atoms with Crippen LogP contribution in [0.15, 0.2) is 53.3 Å². The van der Waals surface area contributed by atoms with Crippen LogP contribution >= 0.6 is 0 Å². The van der Waals surface area contributed by atoms with Gasteiger partial charge in [0.1, 0.15) is 5.75 Å². The molecular formula is C27H33N3O3. The number of nitrogens with zero attached hydrogens (tertiary/aromatic N) is 1. The van der Waals surface area contributed by atoms with Crippen LogP contribution in [0.1, 0.15) is 55.7 Å². The molecule has 2 amide bonds. The first-order chi connectivity index (χ1) is 16.1. The zero-order valence-corrected chi connectivity index (χ0v) is 19.5. The number of pyridine rings is 1. The summed E-state index contributed by atoms with van der Waals surface area (Å²) in [6, 6.07) is 15.7. The number of methoxy groups -OCH3 is 1. The number of ether oxygens (including phenoxy) is 1. The smallest absolute Gasteiger partial charge is 0.318 e. The van der Waals surface area contributed by atoms with Crippen LogP contribution in [0.3, 0.4) is 0 Å². The average molecular weight is 448 g/mol. The quantitative estimate of drug-likeness (QED) is 0.526. The Balaban J connectivity index is 1.64. The Labute approximate surface area is 195 Å². The lowest BCUT2D eigenvalue weighted by Gasteiger charge is -2.29. The number of fused-ring (bicyclic) bond motifs is 1. The van der Waals surface area contributed by atoms with Gasteiger partial charge in [0.15, 0.2) is 0 Å². The third kappa shape index (κ3) is 5.56. The molecule has 1 aliphatic rings. The molecule has 3 aromatic rings. The number of carbonyl (C=O) groups excluding carboxylic acids is 1. The van der Waals surface area contributed by atoms with Gasteiger partial charge in [-0.3, -0.25) is 4.79 Å². The third-order valence-electron chi connectivity index (χ3n) is 6.53. The van der Waals surface area contributed by atoms with Crippen molar-refractivity contribution in [3.63, 3.8) is 0 Å². The van der Waals surface area contributed by atoms with E-state index in [0.717, 1.165) is 54.3 Å². The van der Waals surface area contributed by atoms with Gasteiger partial charge in [-0.2, -0.15) is 0 Å². The number of aromatic amines is 1. The number of hydrogen-bond acceptors (Lipinski definition) is 3. The van der Waals surface area contributed by atoms with Crippen molar-refractivity contribution in [3.8, 4) is 5.75 Å². The van der Waals surface area contributed by atoms with E-state index in [1.165, 1.54) is 12.0 Å². The number of aryl methyl sites for hydroxylation is 1. The van der Waals surface area contributed by atoms with Gasteiger partial charge in [0, 0.05) is 22.7 Å². The van der Waals surface area contributed by atoms with Crippen LogP contribution < -0.4 is 15.6 Å². The molecule has 0 unspecified atom stereocenters. The molecule has 1 fully saturated rings. The van der Waals surface area contributed by atoms with Crippen LogP contribution in [-0.4, -0.2) is 29.1 Å². The van der Waals surface area contributed by atoms with Gasteiger partial charge in [0.05, 0.1) is 20.2 Å². The van der Waals surface area contributed by atoms with E-state index in [1.807, 2.05) is 42.5 Å². The molecule has 0 atom stereocenters. The summed E-state index contributed by atoms with van der Waals surface area (Å²) in [7, 11) is 1.63. The predicted molar refractivity (Wildman–Crippen MR) is 132 cm³/mol. The molecule has 1 aliphatic carbocycles. The topological polar surface area (TPSA) is 74.4 Å². The maximum absolute atomic E-state index is 13.4. The fourth-order valence-electron chi connectivity index (χ4n) is 4.60. The molecule has 0 bridgehead atoms. The predicted octanol–water partition coefficient (Wildman–Crippen LogP) is 5.14. The lowest BCUT2D eigenvalue weighted by Crippen LogP contribution is -2.45. The Bertz CT molecular complexity index is 1160. The van der Waals surface area contributed by atoms with Crippen molar-refractivity contribution in [1.82, 2.24) is 15.2 Å². The Morgan fingerprint density at radius 2 is 1.82 bits per heavy atom. The number of rotatable bonds is 7. The second-order valence-corrected chi connectivity index (χ2v) is 8.85. The summed E-state index contributed by atoms with van der Waals surface area (Å²) in [5.41, 5.74) is 3.33. The van der Waals surface area contributed by atoms with Crippen molar-refractivity contribution in [2.75, 3.05) is 7.11 Å². The van der Waals surface area contributed by atoms with Gasteiger partial charge in [-0.05, 0) is 54.5 Å². The summed E-state index contributed by atoms with van der Waals surface area (Å²) in [4.78, 5) is 30.9. The number of hydrogen-bond donors (Lipinski definition) is 2. The molecule has 0 saturated heterocycles. The minimum Gasteiger partial charge on any atom is -0.496 e. The van der Waals surface area contributed by atoms with Gasteiger partial charge >= 0.3 is 6.03 Å². The number of carbonyl (C=O) groups is 1. The van der Waals surface area contributed by atoms with Crippen molar-refractivity contribution >= 4 is 16.9 Å². The molecule has 4 rings (SSSR count). The Kier molecular flexibility index (Phi) is 7.33. The molecule has 174 valence electrons. The van der Waals surface area contributed by atoms with Gasteiger partial charge in [-0.25, -0.2) is 4.79 Å². The zero-order chi connectivity index (χ0) is 23.2. The first kappa shape index (κ1) is 22.9. The standard InChI is InChI=1S/C27H33N3O3/c1-3-19-13-14-24-21(15-19)16-22(26(31)29-24)18-30(17-20-9-7-8-12-25(20)33-2)27(32)28-23-10-5-4-6-11-23/h7-9,12-16,23H,3-6,10-11,17-18H2,1-2H3,(H,28,32)(H,29,31). The average Bonchev–Trinajstić information content (AvgIpc) is 2.84. The Morgan fingerprint density at radius 1 is 1.06 bits per heavy atom. The highest BCUT2D eigenvalue weighted by molar-refractivity contribution is 5.80. The first-order valence-electron chi connectivity index (χ1n) is 11.9. The van der Waals surface area contributed by atoms with Crippen molar-refractivity contribution < 1.29 is 9.53 Å². The number of aromatic nitrogens is 1. The molecule has 6 nitrogen and oxygen atoms in total. The number of para-hydroxylation sites is 1. The molecule has 2 aromatic carbocycles. The minimum atomic E-state index is -0.165. The minimum absolute atomic E-state index is 0.144. The third-order valence-corrected chi connectivity index (χ3v) is 6.53. The maximum Gasteiger partial charge on any atom is 0.318 e. The van der Waals surface area contributed by atoms with E-state index < -0.39 is 0 Å². The fourth-order valence-corrected chi connectivity index (χ4v) is 4.60. The van der Waals surface area contributed by atoms with Gasteiger partial charge in [0.2, 0.25) is 0 Å². The molecule has 2 N–H and O–H groups in total. The van der Waals surface area contributed by atoms with Gasteiger partial charge in [0.25, 0.3) is 5.56 Å². The highest BCUT2D eigenvalue weighted by Crippen LogP contribution is 2.22. The second kappa shape index (κ2) is 10.6. The number of urea groups is 1. The van der Waals surface area contributed by atoms with Crippen molar-refractivity contribution in [2.45, 2.75) is 64.6 Å². The summed E-state index contributed by atoms with van der Waals surface area (Å²) in [6.07, 6.45) is 6.44. The molecule has 1 aromatic heterocycles. The van der Waals surface area contributed by atoms with Crippen LogP contribution in [-0.2, 0) is 19.5 Å². The molecule has 1 saturated carbocycles. The lowest BCUT2D eigenvalue weighted by molar-refractivity contribution is 0.183. The first-order valence-corrected chi connectivity index (χ1v) is 11.9. The monoisotopic (exact) mass is 447 g/mol. The van der Waals surface area contributed by atoms with E-state index >= 15 is 0 Å². The van der Waals surface area contributed by atoms with E-state index in [4.69, 9.17) is 4.74 Å². The molecule has 1 heterocycles. The fraction of sp³-hybridized carbons (Fsp3) is 0.407. The zero-order valence-electron chi connectivity index (χ0n) is 19.5. The lowest BCUT2D eigenvalue weighted by atomic mass is 9.96. The number of benzene rings is 2. The van der Waals surface area contributed by atoms with Crippen LogP contribution in [0.25, 0.3) is 10.9 Å². The Hall–Kier alpha value is -3.28. The van der Waals surface area contributed by atoms with Crippen LogP contribution in [0.2, 0.25) is 0 Å². The van der Waals surface area contributed by atoms with Crippen LogP contribution in [0.4, 0.5) is 4.79 Å². The molecular weight excluding hydrogens is 414 g/mol. The van der Waals surface area contributed by atoms with Gasteiger partial charge in [-0.1, -0.05) is 50.5 Å². The van der Waals surface area contributed by atoms with Crippen molar-refractivity contribution in [3.05, 3.63) is 75.6 Å². The Morgan fingerprint density at radius 3 is 2.58 bits per heavy atom. The number of H-pyrrole nitrogens is 1. The summed E-state index contributed by atoms with van der Waals surface area (Å²) in [5.74, 6) is 0.730. The molecule has 0 aliphatic heterocycles. The van der Waals surface area contributed by atoms with Crippen molar-refractivity contribution in [2.24, 2.45) is 0 Å². The number of amides is 2. The maximum atomic E-state index is 13.4. The molecule has 0 radical (unpaired) electrons. The summed E-state index contributed by atoms with van der Waals surface area (Å²) >= 11 is 0. The molecule has 0 spiro atoms. The summed E-state index contributed by atoms with van der Waals surface area (Å²) in [5, 5.41) is 4.19. The van der Waals surface area contributed by atoms with Gasteiger partial charge < -0.3 is 19.9 Å². The SMILES string of the molecule is CCc1ccc2[nH]c(=O)c(CN(Cc3ccccc3OC)C(=O)NC3CCCCC3)cc2c1. The second-order valence-electron chi connectivity index (χ2n) is 8.85. The van der Waals surface area contributed by atoms with E-state index in [9.17, 15) is 9.59 Å². The highest BCUT2D eigenvalue weighted by Gasteiger charge is 2.22. The summed E-state index contributed by atoms with van der Waals surface area (Å²) in [6.45, 7) is 2.69. The molecule has 33 heavy (non-hydrogen) atoms. The van der Waals surface area contributed by atoms with E-state index in [0.29, 0.717) is 12.1 Å². The van der Waals surface area contributed by atoms with E-state index in [1.54, 1.807) is 12.0 Å².